The maximum Gasteiger partial charge on any atom is 0.264 e. The third kappa shape index (κ3) is 4.82. The second kappa shape index (κ2) is 9.21. The van der Waals surface area contributed by atoms with E-state index in [-0.39, 0.29) is 33.2 Å². The predicted molar refractivity (Wildman–Crippen MR) is 127 cm³/mol. The lowest BCUT2D eigenvalue weighted by molar-refractivity contribution is 0.0952. The molecule has 0 aliphatic rings. The first-order chi connectivity index (χ1) is 15.2. The molecule has 0 unspecified atom stereocenters. The minimum absolute atomic E-state index is 0.0318. The molecular weight excluding hydrogens is 515 g/mol. The van der Waals surface area contributed by atoms with Crippen LogP contribution in [-0.2, 0) is 16.6 Å². The van der Waals surface area contributed by atoms with Crippen LogP contribution in [0.3, 0.4) is 0 Å². The Morgan fingerprint density at radius 2 is 1.78 bits per heavy atom. The molecule has 4 rings (SSSR count). The molecular formula is C20H13Cl3N4O3S2. The minimum Gasteiger partial charge on any atom is -0.348 e. The Morgan fingerprint density at radius 1 is 0.969 bits per heavy atom. The SMILES string of the molecule is O=C(NCc1ccc(Cl)c(Cl)c1)c1ccc(Cl)cc1NS(=O)(=O)c1cccc2nsnc12. The van der Waals surface area contributed by atoms with E-state index in [9.17, 15) is 13.2 Å². The normalized spacial score (nSPS) is 11.5. The largest absolute Gasteiger partial charge is 0.348 e. The predicted octanol–water partition coefficient (Wildman–Crippen LogP) is 5.38. The van der Waals surface area contributed by atoms with Crippen LogP contribution in [0.2, 0.25) is 15.1 Å². The molecule has 0 aliphatic carbocycles. The fourth-order valence-corrected chi connectivity index (χ4v) is 5.26. The Balaban J connectivity index is 1.61. The first-order valence-corrected chi connectivity index (χ1v) is 12.3. The van der Waals surface area contributed by atoms with E-state index in [1.54, 1.807) is 30.3 Å². The average molecular weight is 528 g/mol. The van der Waals surface area contributed by atoms with Gasteiger partial charge in [0.25, 0.3) is 15.9 Å². The lowest BCUT2D eigenvalue weighted by Gasteiger charge is -2.14. The van der Waals surface area contributed by atoms with Crippen molar-refractivity contribution in [3.63, 3.8) is 0 Å². The average Bonchev–Trinajstić information content (AvgIpc) is 3.23. The molecule has 0 saturated heterocycles. The van der Waals surface area contributed by atoms with Gasteiger partial charge in [-0.2, -0.15) is 8.75 Å². The molecule has 12 heteroatoms. The zero-order valence-electron chi connectivity index (χ0n) is 16.0. The van der Waals surface area contributed by atoms with Gasteiger partial charge in [-0.25, -0.2) is 8.42 Å². The van der Waals surface area contributed by atoms with Gasteiger partial charge in [-0.05, 0) is 48.0 Å². The molecule has 7 nitrogen and oxygen atoms in total. The van der Waals surface area contributed by atoms with Crippen molar-refractivity contribution in [3.8, 4) is 0 Å². The topological polar surface area (TPSA) is 101 Å². The van der Waals surface area contributed by atoms with E-state index in [1.807, 2.05) is 0 Å². The number of benzene rings is 3. The van der Waals surface area contributed by atoms with Gasteiger partial charge in [-0.1, -0.05) is 46.9 Å². The standard InChI is InChI=1S/C20H13Cl3N4O3S2/c21-12-5-6-13(20(28)24-10-11-4-7-14(22)15(23)8-11)17(9-12)27-32(29,30)18-3-1-2-16-19(18)26-31-25-16/h1-9,27H,10H2,(H,24,28). The van der Waals surface area contributed by atoms with Gasteiger partial charge in [0.2, 0.25) is 0 Å². The fraction of sp³-hybridized carbons (Fsp3) is 0.0500. The van der Waals surface area contributed by atoms with Gasteiger partial charge in [-0.15, -0.1) is 0 Å². The quantitative estimate of drug-likeness (QED) is 0.350. The maximum absolute atomic E-state index is 13.1. The van der Waals surface area contributed by atoms with Crippen molar-refractivity contribution < 1.29 is 13.2 Å². The summed E-state index contributed by atoms with van der Waals surface area (Å²) in [7, 11) is -4.08. The highest BCUT2D eigenvalue weighted by Crippen LogP contribution is 2.27. The number of nitrogens with zero attached hydrogens (tertiary/aromatic N) is 2. The van der Waals surface area contributed by atoms with E-state index >= 15 is 0 Å². The van der Waals surface area contributed by atoms with E-state index in [2.05, 4.69) is 18.8 Å². The van der Waals surface area contributed by atoms with Gasteiger partial charge < -0.3 is 5.32 Å². The van der Waals surface area contributed by atoms with Crippen molar-refractivity contribution in [3.05, 3.63) is 80.8 Å². The minimum atomic E-state index is -4.08. The Bertz CT molecular complexity index is 1440. The highest BCUT2D eigenvalue weighted by molar-refractivity contribution is 7.93. The number of hydrogen-bond donors (Lipinski definition) is 2. The number of halogens is 3. The van der Waals surface area contributed by atoms with Gasteiger partial charge in [-0.3, -0.25) is 9.52 Å². The summed E-state index contributed by atoms with van der Waals surface area (Å²) in [6.45, 7) is 0.161. The van der Waals surface area contributed by atoms with Gasteiger partial charge in [0.15, 0.2) is 0 Å². The van der Waals surface area contributed by atoms with E-state index < -0.39 is 15.9 Å². The summed E-state index contributed by atoms with van der Waals surface area (Å²) < 4.78 is 36.7. The summed E-state index contributed by atoms with van der Waals surface area (Å²) in [4.78, 5) is 12.8. The number of carbonyl (C=O) groups excluding carboxylic acids is 1. The van der Waals surface area contributed by atoms with Crippen molar-refractivity contribution in [2.45, 2.75) is 11.4 Å². The molecule has 164 valence electrons. The Labute approximate surface area is 202 Å². The number of hydrogen-bond acceptors (Lipinski definition) is 6. The number of aromatic nitrogens is 2. The monoisotopic (exact) mass is 526 g/mol. The van der Waals surface area contributed by atoms with Crippen LogP contribution < -0.4 is 10.0 Å². The number of nitrogens with one attached hydrogen (secondary N) is 2. The first kappa shape index (κ1) is 22.8. The maximum atomic E-state index is 13.1. The second-order valence-electron chi connectivity index (χ2n) is 6.61. The molecule has 0 atom stereocenters. The van der Waals surface area contributed by atoms with Crippen LogP contribution in [0, 0.1) is 0 Å². The Kier molecular flexibility index (Phi) is 6.55. The van der Waals surface area contributed by atoms with E-state index in [0.717, 1.165) is 17.3 Å². The lowest BCUT2D eigenvalue weighted by Crippen LogP contribution is -2.25. The molecule has 0 bridgehead atoms. The number of sulfonamides is 1. The zero-order chi connectivity index (χ0) is 22.9. The van der Waals surface area contributed by atoms with Crippen molar-refractivity contribution >= 4 is 79.2 Å². The molecule has 4 aromatic rings. The summed E-state index contributed by atoms with van der Waals surface area (Å²) in [5, 5.41) is 3.76. The van der Waals surface area contributed by atoms with E-state index in [0.29, 0.717) is 15.6 Å². The summed E-state index contributed by atoms with van der Waals surface area (Å²) in [6, 6.07) is 13.9. The van der Waals surface area contributed by atoms with Crippen LogP contribution in [0.4, 0.5) is 5.69 Å². The molecule has 1 aromatic heterocycles. The first-order valence-electron chi connectivity index (χ1n) is 9.00. The van der Waals surface area contributed by atoms with Gasteiger partial charge in [0.05, 0.1) is 33.0 Å². The fourth-order valence-electron chi connectivity index (χ4n) is 2.92. The molecule has 0 aliphatic heterocycles. The Morgan fingerprint density at radius 3 is 2.56 bits per heavy atom. The third-order valence-electron chi connectivity index (χ3n) is 4.45. The van der Waals surface area contributed by atoms with E-state index in [4.69, 9.17) is 34.8 Å². The van der Waals surface area contributed by atoms with Crippen molar-refractivity contribution in [2.75, 3.05) is 4.72 Å². The molecule has 0 saturated carbocycles. The number of fused-ring (bicyclic) bond motifs is 1. The van der Waals surface area contributed by atoms with Crippen molar-refractivity contribution in [1.29, 1.82) is 0 Å². The van der Waals surface area contributed by atoms with Gasteiger partial charge >= 0.3 is 0 Å². The van der Waals surface area contributed by atoms with Crippen molar-refractivity contribution in [1.82, 2.24) is 14.1 Å². The van der Waals surface area contributed by atoms with Gasteiger partial charge in [0.1, 0.15) is 15.9 Å². The number of anilines is 1. The van der Waals surface area contributed by atoms with E-state index in [1.165, 1.54) is 24.3 Å². The van der Waals surface area contributed by atoms with Crippen LogP contribution in [0.1, 0.15) is 15.9 Å². The third-order valence-corrected chi connectivity index (χ3v) is 7.36. The summed E-state index contributed by atoms with van der Waals surface area (Å²) in [6.07, 6.45) is 0. The molecule has 2 N–H and O–H groups in total. The molecule has 32 heavy (non-hydrogen) atoms. The van der Waals surface area contributed by atoms with Gasteiger partial charge in [0, 0.05) is 11.6 Å². The number of amides is 1. The highest BCUT2D eigenvalue weighted by Gasteiger charge is 2.22. The van der Waals surface area contributed by atoms with Crippen LogP contribution in [0.25, 0.3) is 11.0 Å². The number of rotatable bonds is 6. The molecule has 3 aromatic carbocycles. The summed E-state index contributed by atoms with van der Waals surface area (Å²) in [5.41, 5.74) is 1.57. The van der Waals surface area contributed by atoms with Crippen molar-refractivity contribution in [2.24, 2.45) is 0 Å². The van der Waals surface area contributed by atoms with Crippen LogP contribution in [0.15, 0.2) is 59.5 Å². The highest BCUT2D eigenvalue weighted by atomic mass is 35.5. The molecule has 1 heterocycles. The lowest BCUT2D eigenvalue weighted by atomic mass is 10.1. The zero-order valence-corrected chi connectivity index (χ0v) is 19.9. The summed E-state index contributed by atoms with van der Waals surface area (Å²) in [5.74, 6) is -0.501. The van der Waals surface area contributed by atoms with Crippen LogP contribution >= 0.6 is 46.5 Å². The molecule has 1 amide bonds. The van der Waals surface area contributed by atoms with Crippen LogP contribution in [-0.4, -0.2) is 23.1 Å². The summed E-state index contributed by atoms with van der Waals surface area (Å²) >= 11 is 18.9. The second-order valence-corrected chi connectivity index (χ2v) is 10.0. The molecule has 0 spiro atoms. The van der Waals surface area contributed by atoms with Crippen LogP contribution in [0.5, 0.6) is 0 Å². The smallest absolute Gasteiger partial charge is 0.264 e. The molecule has 0 radical (unpaired) electrons. The Hall–Kier alpha value is -2.43. The molecule has 0 fully saturated rings. The number of carbonyl (C=O) groups is 1.